The summed E-state index contributed by atoms with van der Waals surface area (Å²) < 4.78 is 26.3. The Morgan fingerprint density at radius 1 is 1.14 bits per heavy atom. The zero-order valence-corrected chi connectivity index (χ0v) is 10.7. The molecule has 0 atom stereocenters. The molecule has 0 spiro atoms. The van der Waals surface area contributed by atoms with Crippen LogP contribution in [0.3, 0.4) is 0 Å². The first-order valence-electron chi connectivity index (χ1n) is 6.08. The van der Waals surface area contributed by atoms with Crippen LogP contribution in [-0.4, -0.2) is 21.1 Å². The molecule has 1 amide bonds. The van der Waals surface area contributed by atoms with Crippen LogP contribution in [0.4, 0.5) is 14.6 Å². The third-order valence-electron chi connectivity index (χ3n) is 2.84. The topological polar surface area (TPSA) is 73.6 Å². The van der Waals surface area contributed by atoms with Gasteiger partial charge in [0.2, 0.25) is 0 Å². The highest BCUT2D eigenvalue weighted by molar-refractivity contribution is 6.02. The van der Waals surface area contributed by atoms with Crippen molar-refractivity contribution in [3.63, 3.8) is 0 Å². The van der Waals surface area contributed by atoms with Crippen molar-refractivity contribution in [2.45, 2.75) is 0 Å². The van der Waals surface area contributed by atoms with Gasteiger partial charge in [0.25, 0.3) is 5.91 Å². The van der Waals surface area contributed by atoms with E-state index in [-0.39, 0.29) is 11.7 Å². The fraction of sp³-hybridized carbons (Fsp3) is 0. The maximum absolute atomic E-state index is 13.2. The largest absolute Gasteiger partial charge is 0.357 e. The Hall–Kier alpha value is -2.96. The van der Waals surface area contributed by atoms with Crippen LogP contribution in [0.2, 0.25) is 0 Å². The highest BCUT2D eigenvalue weighted by atomic mass is 19.1. The van der Waals surface area contributed by atoms with Crippen LogP contribution in [0.5, 0.6) is 0 Å². The van der Waals surface area contributed by atoms with Gasteiger partial charge in [-0.2, -0.15) is 5.10 Å². The van der Waals surface area contributed by atoms with Crippen molar-refractivity contribution >= 4 is 11.7 Å². The number of nitrogens with zero attached hydrogens (tertiary/aromatic N) is 1. The molecule has 3 N–H and O–H groups in total. The molecule has 7 heteroatoms. The number of hydrogen-bond acceptors (Lipinski definition) is 2. The van der Waals surface area contributed by atoms with Gasteiger partial charge in [0.05, 0.1) is 5.69 Å². The molecule has 0 saturated carbocycles. The number of aromatic amines is 2. The summed E-state index contributed by atoms with van der Waals surface area (Å²) in [6.07, 6.45) is 1.63. The molecule has 0 fully saturated rings. The number of carbonyl (C=O) groups excluding carboxylic acids is 1. The lowest BCUT2D eigenvalue weighted by Gasteiger charge is -1.99. The fourth-order valence-corrected chi connectivity index (χ4v) is 1.90. The SMILES string of the molecule is O=C(Nc1cc(-c2cc(F)cc(F)c2)[nH]n1)c1ccc[nH]1. The second kappa shape index (κ2) is 5.20. The molecule has 2 heterocycles. The lowest BCUT2D eigenvalue weighted by atomic mass is 10.1. The first-order chi connectivity index (χ1) is 10.1. The normalized spacial score (nSPS) is 10.6. The number of aromatic nitrogens is 3. The standard InChI is InChI=1S/C14H10F2N4O/c15-9-4-8(5-10(16)6-9)12-7-13(20-19-12)18-14(21)11-2-1-3-17-11/h1-7,17H,(H2,18,19,20,21). The molecule has 21 heavy (non-hydrogen) atoms. The van der Waals surface area contributed by atoms with Crippen molar-refractivity contribution in [2.24, 2.45) is 0 Å². The highest BCUT2D eigenvalue weighted by Crippen LogP contribution is 2.22. The maximum Gasteiger partial charge on any atom is 0.273 e. The van der Waals surface area contributed by atoms with Gasteiger partial charge in [0.1, 0.15) is 17.3 Å². The zero-order valence-electron chi connectivity index (χ0n) is 10.7. The first-order valence-corrected chi connectivity index (χ1v) is 6.08. The summed E-state index contributed by atoms with van der Waals surface area (Å²) >= 11 is 0. The van der Waals surface area contributed by atoms with Crippen molar-refractivity contribution in [1.82, 2.24) is 15.2 Å². The van der Waals surface area contributed by atoms with E-state index in [1.807, 2.05) is 0 Å². The Labute approximate surface area is 118 Å². The molecule has 0 bridgehead atoms. The quantitative estimate of drug-likeness (QED) is 0.693. The zero-order chi connectivity index (χ0) is 14.8. The van der Waals surface area contributed by atoms with E-state index in [1.54, 1.807) is 18.3 Å². The number of amides is 1. The maximum atomic E-state index is 13.2. The summed E-state index contributed by atoms with van der Waals surface area (Å²) in [6.45, 7) is 0. The van der Waals surface area contributed by atoms with Gasteiger partial charge in [-0.25, -0.2) is 8.78 Å². The minimum atomic E-state index is -0.684. The molecule has 2 aromatic heterocycles. The molecule has 3 rings (SSSR count). The van der Waals surface area contributed by atoms with Gasteiger partial charge in [0.15, 0.2) is 5.82 Å². The predicted molar refractivity (Wildman–Crippen MR) is 72.7 cm³/mol. The summed E-state index contributed by atoms with van der Waals surface area (Å²) in [5.74, 6) is -1.47. The summed E-state index contributed by atoms with van der Waals surface area (Å²) in [6, 6.07) is 7.94. The van der Waals surface area contributed by atoms with Crippen LogP contribution in [0.1, 0.15) is 10.5 Å². The van der Waals surface area contributed by atoms with E-state index in [2.05, 4.69) is 20.5 Å². The summed E-state index contributed by atoms with van der Waals surface area (Å²) in [5, 5.41) is 9.07. The number of benzene rings is 1. The molecule has 1 aromatic carbocycles. The van der Waals surface area contributed by atoms with Gasteiger partial charge < -0.3 is 10.3 Å². The molecular formula is C14H10F2N4O. The summed E-state index contributed by atoms with van der Waals surface area (Å²) in [5.41, 5.74) is 1.09. The van der Waals surface area contributed by atoms with Crippen LogP contribution in [-0.2, 0) is 0 Å². The molecule has 5 nitrogen and oxygen atoms in total. The minimum absolute atomic E-state index is 0.259. The van der Waals surface area contributed by atoms with E-state index in [0.717, 1.165) is 6.07 Å². The molecule has 0 aliphatic rings. The van der Waals surface area contributed by atoms with Crippen molar-refractivity contribution < 1.29 is 13.6 Å². The van der Waals surface area contributed by atoms with E-state index in [0.29, 0.717) is 17.0 Å². The van der Waals surface area contributed by atoms with E-state index >= 15 is 0 Å². The van der Waals surface area contributed by atoms with Crippen molar-refractivity contribution in [3.05, 3.63) is 59.9 Å². The molecule has 0 radical (unpaired) electrons. The third-order valence-corrected chi connectivity index (χ3v) is 2.84. The van der Waals surface area contributed by atoms with Crippen molar-refractivity contribution in [2.75, 3.05) is 5.32 Å². The van der Waals surface area contributed by atoms with Gasteiger partial charge in [-0.3, -0.25) is 9.89 Å². The molecule has 106 valence electrons. The summed E-state index contributed by atoms with van der Waals surface area (Å²) in [4.78, 5) is 14.6. The highest BCUT2D eigenvalue weighted by Gasteiger charge is 2.11. The van der Waals surface area contributed by atoms with Gasteiger partial charge >= 0.3 is 0 Å². The molecule has 0 aliphatic heterocycles. The Bertz CT molecular complexity index is 760. The van der Waals surface area contributed by atoms with E-state index in [1.165, 1.54) is 18.2 Å². The Morgan fingerprint density at radius 2 is 1.90 bits per heavy atom. The number of nitrogens with one attached hydrogen (secondary N) is 3. The van der Waals surface area contributed by atoms with Crippen LogP contribution in [0.15, 0.2) is 42.6 Å². The third kappa shape index (κ3) is 2.81. The van der Waals surface area contributed by atoms with Gasteiger partial charge in [-0.05, 0) is 24.3 Å². The fourth-order valence-electron chi connectivity index (χ4n) is 1.90. The molecular weight excluding hydrogens is 278 g/mol. The van der Waals surface area contributed by atoms with E-state index in [4.69, 9.17) is 0 Å². The number of halogens is 2. The lowest BCUT2D eigenvalue weighted by Crippen LogP contribution is -2.12. The Kier molecular flexibility index (Phi) is 3.23. The number of carbonyl (C=O) groups is 1. The number of hydrogen-bond donors (Lipinski definition) is 3. The molecule has 0 unspecified atom stereocenters. The molecule has 3 aromatic rings. The van der Waals surface area contributed by atoms with Crippen LogP contribution in [0, 0.1) is 11.6 Å². The number of H-pyrrole nitrogens is 2. The van der Waals surface area contributed by atoms with E-state index < -0.39 is 11.6 Å². The molecule has 0 saturated heterocycles. The minimum Gasteiger partial charge on any atom is -0.357 e. The average molecular weight is 288 g/mol. The smallest absolute Gasteiger partial charge is 0.273 e. The van der Waals surface area contributed by atoms with Crippen LogP contribution < -0.4 is 5.32 Å². The number of rotatable bonds is 3. The van der Waals surface area contributed by atoms with E-state index in [9.17, 15) is 13.6 Å². The van der Waals surface area contributed by atoms with Crippen LogP contribution in [0.25, 0.3) is 11.3 Å². The lowest BCUT2D eigenvalue weighted by molar-refractivity contribution is 0.102. The monoisotopic (exact) mass is 288 g/mol. The average Bonchev–Trinajstić information content (AvgIpc) is 3.08. The molecule has 0 aliphatic carbocycles. The summed E-state index contributed by atoms with van der Waals surface area (Å²) in [7, 11) is 0. The Morgan fingerprint density at radius 3 is 2.57 bits per heavy atom. The van der Waals surface area contributed by atoms with Crippen molar-refractivity contribution in [3.8, 4) is 11.3 Å². The predicted octanol–water partition coefficient (Wildman–Crippen LogP) is 2.94. The van der Waals surface area contributed by atoms with Gasteiger partial charge in [-0.15, -0.1) is 0 Å². The second-order valence-electron chi connectivity index (χ2n) is 4.36. The number of anilines is 1. The first kappa shape index (κ1) is 13.0. The second-order valence-corrected chi connectivity index (χ2v) is 4.36. The van der Waals surface area contributed by atoms with Gasteiger partial charge in [0, 0.05) is 23.9 Å². The Balaban J connectivity index is 1.81. The van der Waals surface area contributed by atoms with Crippen LogP contribution >= 0.6 is 0 Å². The van der Waals surface area contributed by atoms with Crippen molar-refractivity contribution in [1.29, 1.82) is 0 Å². The van der Waals surface area contributed by atoms with Gasteiger partial charge in [-0.1, -0.05) is 0 Å².